The van der Waals surface area contributed by atoms with Gasteiger partial charge in [0.05, 0.1) is 13.2 Å². The number of fused-ring (bicyclic) bond motifs is 1. The SMILES string of the molecule is CC(C)(C)CN(CCCO)C(=O)Nc1ccc2c(c1)COC2. The summed E-state index contributed by atoms with van der Waals surface area (Å²) < 4.78 is 5.39. The van der Waals surface area contributed by atoms with Crippen molar-refractivity contribution in [3.05, 3.63) is 29.3 Å². The van der Waals surface area contributed by atoms with E-state index < -0.39 is 0 Å². The number of carbonyl (C=O) groups is 1. The molecule has 1 aliphatic heterocycles. The molecule has 22 heavy (non-hydrogen) atoms. The number of aliphatic hydroxyl groups excluding tert-OH is 1. The zero-order chi connectivity index (χ0) is 16.2. The van der Waals surface area contributed by atoms with Gasteiger partial charge in [-0.2, -0.15) is 0 Å². The molecule has 0 saturated carbocycles. The first-order valence-corrected chi connectivity index (χ1v) is 7.75. The van der Waals surface area contributed by atoms with E-state index in [9.17, 15) is 4.79 Å². The number of ether oxygens (including phenoxy) is 1. The lowest BCUT2D eigenvalue weighted by molar-refractivity contribution is 0.134. The largest absolute Gasteiger partial charge is 0.396 e. The summed E-state index contributed by atoms with van der Waals surface area (Å²) in [6.07, 6.45) is 0.585. The molecule has 1 aliphatic rings. The Morgan fingerprint density at radius 1 is 1.32 bits per heavy atom. The van der Waals surface area contributed by atoms with Crippen LogP contribution in [-0.2, 0) is 18.0 Å². The standard InChI is InChI=1S/C17H26N2O3/c1-17(2,3)12-19(7-4-8-20)16(21)18-15-6-5-13-10-22-11-14(13)9-15/h5-6,9,20H,4,7-8,10-12H2,1-3H3,(H,18,21). The van der Waals surface area contributed by atoms with Crippen molar-refractivity contribution in [2.45, 2.75) is 40.4 Å². The van der Waals surface area contributed by atoms with Gasteiger partial charge in [-0.3, -0.25) is 0 Å². The van der Waals surface area contributed by atoms with Crippen molar-refractivity contribution in [3.63, 3.8) is 0 Å². The van der Waals surface area contributed by atoms with Crippen molar-refractivity contribution in [3.8, 4) is 0 Å². The topological polar surface area (TPSA) is 61.8 Å². The summed E-state index contributed by atoms with van der Waals surface area (Å²) in [6, 6.07) is 5.76. The number of urea groups is 1. The Kier molecular flexibility index (Phi) is 5.42. The van der Waals surface area contributed by atoms with Crippen molar-refractivity contribution < 1.29 is 14.6 Å². The van der Waals surface area contributed by atoms with Crippen LogP contribution in [0.2, 0.25) is 0 Å². The molecule has 0 fully saturated rings. The maximum atomic E-state index is 12.5. The lowest BCUT2D eigenvalue weighted by Crippen LogP contribution is -2.41. The normalized spacial score (nSPS) is 13.8. The summed E-state index contributed by atoms with van der Waals surface area (Å²) in [5.74, 6) is 0. The van der Waals surface area contributed by atoms with E-state index in [1.54, 1.807) is 4.90 Å². The van der Waals surface area contributed by atoms with Crippen LogP contribution in [-0.4, -0.2) is 35.7 Å². The van der Waals surface area contributed by atoms with E-state index in [2.05, 4.69) is 26.1 Å². The number of amides is 2. The molecule has 1 heterocycles. The van der Waals surface area contributed by atoms with Gasteiger partial charge < -0.3 is 20.1 Å². The molecule has 0 atom stereocenters. The molecule has 0 saturated heterocycles. The molecule has 5 heteroatoms. The van der Waals surface area contributed by atoms with E-state index in [4.69, 9.17) is 9.84 Å². The van der Waals surface area contributed by atoms with Gasteiger partial charge in [0.2, 0.25) is 0 Å². The molecular formula is C17H26N2O3. The molecule has 0 aromatic heterocycles. The van der Waals surface area contributed by atoms with Crippen LogP contribution in [0.25, 0.3) is 0 Å². The highest BCUT2D eigenvalue weighted by atomic mass is 16.5. The van der Waals surface area contributed by atoms with Gasteiger partial charge >= 0.3 is 6.03 Å². The molecule has 0 bridgehead atoms. The third kappa shape index (κ3) is 4.71. The minimum Gasteiger partial charge on any atom is -0.396 e. The summed E-state index contributed by atoms with van der Waals surface area (Å²) in [5, 5.41) is 12.0. The van der Waals surface area contributed by atoms with E-state index in [0.29, 0.717) is 32.7 Å². The second-order valence-corrected chi connectivity index (χ2v) is 6.97. The summed E-state index contributed by atoms with van der Waals surface area (Å²) in [6.45, 7) is 8.83. The van der Waals surface area contributed by atoms with Gasteiger partial charge in [0.15, 0.2) is 0 Å². The van der Waals surface area contributed by atoms with Crippen molar-refractivity contribution in [1.29, 1.82) is 0 Å². The Morgan fingerprint density at radius 3 is 2.73 bits per heavy atom. The van der Waals surface area contributed by atoms with Crippen molar-refractivity contribution in [2.75, 3.05) is 25.0 Å². The Morgan fingerprint density at radius 2 is 2.05 bits per heavy atom. The summed E-state index contributed by atoms with van der Waals surface area (Å²) in [4.78, 5) is 14.3. The van der Waals surface area contributed by atoms with Crippen LogP contribution >= 0.6 is 0 Å². The van der Waals surface area contributed by atoms with E-state index >= 15 is 0 Å². The number of anilines is 1. The van der Waals surface area contributed by atoms with Crippen LogP contribution in [0.15, 0.2) is 18.2 Å². The molecule has 1 aromatic rings. The molecule has 0 radical (unpaired) electrons. The van der Waals surface area contributed by atoms with E-state index in [-0.39, 0.29) is 18.1 Å². The molecule has 2 N–H and O–H groups in total. The van der Waals surface area contributed by atoms with Crippen LogP contribution in [0.5, 0.6) is 0 Å². The number of benzene rings is 1. The van der Waals surface area contributed by atoms with Crippen molar-refractivity contribution in [2.24, 2.45) is 5.41 Å². The fraction of sp³-hybridized carbons (Fsp3) is 0.588. The van der Waals surface area contributed by atoms with Gasteiger partial charge in [-0.15, -0.1) is 0 Å². The minimum atomic E-state index is -0.123. The average molecular weight is 306 g/mol. The molecule has 122 valence electrons. The van der Waals surface area contributed by atoms with Crippen LogP contribution in [0.1, 0.15) is 38.3 Å². The minimum absolute atomic E-state index is 0.0125. The van der Waals surface area contributed by atoms with Crippen molar-refractivity contribution >= 4 is 11.7 Å². The van der Waals surface area contributed by atoms with E-state index in [1.807, 2.05) is 18.2 Å². The third-order valence-corrected chi connectivity index (χ3v) is 3.51. The Bertz CT molecular complexity index is 523. The first kappa shape index (κ1) is 16.8. The highest BCUT2D eigenvalue weighted by Crippen LogP contribution is 2.24. The maximum Gasteiger partial charge on any atom is 0.321 e. The Balaban J connectivity index is 2.03. The van der Waals surface area contributed by atoms with E-state index in [0.717, 1.165) is 11.3 Å². The molecular weight excluding hydrogens is 280 g/mol. The van der Waals surface area contributed by atoms with Crippen molar-refractivity contribution in [1.82, 2.24) is 4.90 Å². The summed E-state index contributed by atoms with van der Waals surface area (Å²) >= 11 is 0. The first-order chi connectivity index (χ1) is 10.4. The maximum absolute atomic E-state index is 12.5. The first-order valence-electron chi connectivity index (χ1n) is 7.75. The quantitative estimate of drug-likeness (QED) is 0.879. The summed E-state index contributed by atoms with van der Waals surface area (Å²) in [7, 11) is 0. The number of carbonyl (C=O) groups excluding carboxylic acids is 1. The molecule has 0 aliphatic carbocycles. The zero-order valence-corrected chi connectivity index (χ0v) is 13.7. The summed E-state index contributed by atoms with van der Waals surface area (Å²) in [5.41, 5.74) is 3.12. The average Bonchev–Trinajstić information content (AvgIpc) is 2.89. The van der Waals surface area contributed by atoms with Crippen LogP contribution in [0, 0.1) is 5.41 Å². The third-order valence-electron chi connectivity index (χ3n) is 3.51. The molecule has 0 spiro atoms. The van der Waals surface area contributed by atoms with Crippen LogP contribution in [0.3, 0.4) is 0 Å². The highest BCUT2D eigenvalue weighted by Gasteiger charge is 2.21. The Hall–Kier alpha value is -1.59. The number of nitrogens with one attached hydrogen (secondary N) is 1. The van der Waals surface area contributed by atoms with Gasteiger partial charge in [0, 0.05) is 25.4 Å². The molecule has 2 rings (SSSR count). The van der Waals surface area contributed by atoms with Gasteiger partial charge in [0.25, 0.3) is 0 Å². The molecule has 2 amide bonds. The molecule has 1 aromatic carbocycles. The monoisotopic (exact) mass is 306 g/mol. The van der Waals surface area contributed by atoms with Crippen LogP contribution < -0.4 is 5.32 Å². The number of aliphatic hydroxyl groups is 1. The van der Waals surface area contributed by atoms with Crippen LogP contribution in [0.4, 0.5) is 10.5 Å². The predicted molar refractivity (Wildman–Crippen MR) is 86.7 cm³/mol. The lowest BCUT2D eigenvalue weighted by atomic mass is 9.96. The van der Waals surface area contributed by atoms with Gasteiger partial charge in [0.1, 0.15) is 0 Å². The highest BCUT2D eigenvalue weighted by molar-refractivity contribution is 5.89. The van der Waals surface area contributed by atoms with E-state index in [1.165, 1.54) is 5.56 Å². The number of rotatable bonds is 5. The van der Waals surface area contributed by atoms with Gasteiger partial charge in [-0.1, -0.05) is 26.8 Å². The smallest absolute Gasteiger partial charge is 0.321 e. The fourth-order valence-electron chi connectivity index (χ4n) is 2.54. The van der Waals surface area contributed by atoms with Gasteiger partial charge in [-0.25, -0.2) is 4.79 Å². The number of hydrogen-bond donors (Lipinski definition) is 2. The fourth-order valence-corrected chi connectivity index (χ4v) is 2.54. The molecule has 5 nitrogen and oxygen atoms in total. The predicted octanol–water partition coefficient (Wildman–Crippen LogP) is 2.98. The second-order valence-electron chi connectivity index (χ2n) is 6.97. The molecule has 0 unspecified atom stereocenters. The Labute approximate surface area is 132 Å². The lowest BCUT2D eigenvalue weighted by Gasteiger charge is -2.30. The number of nitrogens with zero attached hydrogens (tertiary/aromatic N) is 1. The number of hydrogen-bond acceptors (Lipinski definition) is 3. The van der Waals surface area contributed by atoms with Gasteiger partial charge in [-0.05, 0) is 35.1 Å². The zero-order valence-electron chi connectivity index (χ0n) is 13.7. The second kappa shape index (κ2) is 7.11.